The van der Waals surface area contributed by atoms with Gasteiger partial charge in [-0.05, 0) is 0 Å². The zero-order valence-corrected chi connectivity index (χ0v) is 18.4. The predicted octanol–water partition coefficient (Wildman–Crippen LogP) is -7.52. The molecule has 104 valence electrons. The maximum absolute atomic E-state index is 9.56. The zero-order chi connectivity index (χ0) is 13.2. The maximum Gasteiger partial charge on any atom is 1.00 e. The van der Waals surface area contributed by atoms with Gasteiger partial charge in [-0.2, -0.15) is 0 Å². The molecule has 0 radical (unpaired) electrons. The fourth-order valence-electron chi connectivity index (χ4n) is 0.263. The van der Waals surface area contributed by atoms with Crippen molar-refractivity contribution in [3.63, 3.8) is 0 Å². The summed E-state index contributed by atoms with van der Waals surface area (Å²) in [7, 11) is -9.02. The summed E-state index contributed by atoms with van der Waals surface area (Å²) in [5.74, 6) is 0. The summed E-state index contributed by atoms with van der Waals surface area (Å²) in [6, 6.07) is 0. The molecule has 13 heteroatoms. The Bertz CT molecular complexity index is 362. The van der Waals surface area contributed by atoms with Crippen molar-refractivity contribution in [1.29, 1.82) is 0 Å². The van der Waals surface area contributed by atoms with Crippen LogP contribution < -0.4 is 103 Å². The summed E-state index contributed by atoms with van der Waals surface area (Å²) in [4.78, 5) is 0. The molecule has 0 aromatic carbocycles. The first kappa shape index (κ1) is 33.2. The second kappa shape index (κ2) is 18.5. The van der Waals surface area contributed by atoms with Gasteiger partial charge in [-0.3, -0.25) is 8.37 Å². The molecule has 0 aromatic rings. The van der Waals surface area contributed by atoms with Crippen LogP contribution >= 0.6 is 0 Å². The quantitative estimate of drug-likeness (QED) is 0.192. The van der Waals surface area contributed by atoms with Crippen LogP contribution in [0.2, 0.25) is 0 Å². The molecule has 0 spiro atoms. The van der Waals surface area contributed by atoms with Crippen molar-refractivity contribution in [2.75, 3.05) is 13.2 Å². The minimum atomic E-state index is -4.51. The van der Waals surface area contributed by atoms with Crippen molar-refractivity contribution >= 4 is 20.8 Å². The normalized spacial score (nSPS) is 9.37. The summed E-state index contributed by atoms with van der Waals surface area (Å²) in [5, 5.41) is 0. The first-order valence-electron chi connectivity index (χ1n) is 3.54. The molecule has 2 N–H and O–H groups in total. The molecule has 0 aliphatic rings. The monoisotopic (exact) mass is 370 g/mol. The van der Waals surface area contributed by atoms with Crippen molar-refractivity contribution in [3.05, 3.63) is 25.3 Å². The van der Waals surface area contributed by atoms with Gasteiger partial charge in [0.25, 0.3) is 0 Å². The molecule has 9 nitrogen and oxygen atoms in total. The summed E-state index contributed by atoms with van der Waals surface area (Å²) in [6.07, 6.45) is 2.35. The molecule has 0 aromatic heterocycles. The molecule has 0 saturated carbocycles. The summed E-state index contributed by atoms with van der Waals surface area (Å²) >= 11 is 0. The molecule has 0 unspecified atom stereocenters. The standard InChI is InChI=1S/2C3H6O4S.2K.H2O/c2*1-2-3-7-8(4,5)6;;;/h2*2H,1,3H2,(H,4,5,6);;;1H2/q;;2*+1;/p-2. The van der Waals surface area contributed by atoms with E-state index in [1.807, 2.05) is 0 Å². The predicted molar refractivity (Wildman–Crippen MR) is 55.3 cm³/mol. The smallest absolute Gasteiger partial charge is 0.726 e. The maximum atomic E-state index is 9.56. The average molecular weight is 370 g/mol. The van der Waals surface area contributed by atoms with E-state index in [4.69, 9.17) is 0 Å². The first-order valence-corrected chi connectivity index (χ1v) is 6.21. The third-order valence-corrected chi connectivity index (χ3v) is 1.51. The molecule has 0 aliphatic heterocycles. The molecule has 0 amide bonds. The Morgan fingerprint density at radius 2 is 1.05 bits per heavy atom. The van der Waals surface area contributed by atoms with Gasteiger partial charge in [0.2, 0.25) is 20.8 Å². The Balaban J connectivity index is -0.0000000594. The van der Waals surface area contributed by atoms with Crippen LogP contribution in [-0.2, 0) is 29.2 Å². The van der Waals surface area contributed by atoms with E-state index in [0.29, 0.717) is 0 Å². The third-order valence-electron chi connectivity index (χ3n) is 0.660. The van der Waals surface area contributed by atoms with Gasteiger partial charge in [-0.15, -0.1) is 13.2 Å². The van der Waals surface area contributed by atoms with Crippen LogP contribution in [0, 0.1) is 0 Å². The van der Waals surface area contributed by atoms with Crippen LogP contribution in [0.15, 0.2) is 25.3 Å². The van der Waals surface area contributed by atoms with Gasteiger partial charge in [-0.25, -0.2) is 16.8 Å². The molecular weight excluding hydrogens is 358 g/mol. The minimum absolute atomic E-state index is 0. The molecular formula is C6H12K2O9S2. The van der Waals surface area contributed by atoms with Crippen LogP contribution in [-0.4, -0.2) is 44.6 Å². The average Bonchev–Trinajstić information content (AvgIpc) is 2.10. The van der Waals surface area contributed by atoms with E-state index in [1.54, 1.807) is 0 Å². The van der Waals surface area contributed by atoms with Crippen LogP contribution in [0.5, 0.6) is 0 Å². The van der Waals surface area contributed by atoms with E-state index >= 15 is 0 Å². The van der Waals surface area contributed by atoms with Gasteiger partial charge < -0.3 is 14.6 Å². The molecule has 19 heavy (non-hydrogen) atoms. The number of hydrogen-bond donors (Lipinski definition) is 0. The van der Waals surface area contributed by atoms with Crippen LogP contribution in [0.25, 0.3) is 0 Å². The summed E-state index contributed by atoms with van der Waals surface area (Å²) in [6.45, 7) is 5.75. The van der Waals surface area contributed by atoms with Crippen molar-refractivity contribution in [3.8, 4) is 0 Å². The number of rotatable bonds is 6. The van der Waals surface area contributed by atoms with Crippen LogP contribution in [0.4, 0.5) is 0 Å². The van der Waals surface area contributed by atoms with Crippen LogP contribution in [0.1, 0.15) is 0 Å². The van der Waals surface area contributed by atoms with Gasteiger partial charge in [0.15, 0.2) is 0 Å². The van der Waals surface area contributed by atoms with Gasteiger partial charge in [0.05, 0.1) is 13.2 Å². The van der Waals surface area contributed by atoms with E-state index < -0.39 is 20.8 Å². The molecule has 0 atom stereocenters. The largest absolute Gasteiger partial charge is 1.00 e. The van der Waals surface area contributed by atoms with Crippen molar-refractivity contribution in [2.45, 2.75) is 0 Å². The zero-order valence-electron chi connectivity index (χ0n) is 10.6. The summed E-state index contributed by atoms with van der Waals surface area (Å²) in [5.41, 5.74) is 0. The van der Waals surface area contributed by atoms with Crippen molar-refractivity contribution in [1.82, 2.24) is 0 Å². The Morgan fingerprint density at radius 1 is 0.842 bits per heavy atom. The van der Waals surface area contributed by atoms with Gasteiger partial charge in [-0.1, -0.05) is 12.2 Å². The van der Waals surface area contributed by atoms with E-state index in [2.05, 4.69) is 21.5 Å². The van der Waals surface area contributed by atoms with E-state index in [1.165, 1.54) is 12.2 Å². The fraction of sp³-hybridized carbons (Fsp3) is 0.333. The Kier molecular flexibility index (Phi) is 32.3. The molecule has 0 rings (SSSR count). The minimum Gasteiger partial charge on any atom is -0.726 e. The molecule has 0 heterocycles. The molecule has 0 saturated heterocycles. The van der Waals surface area contributed by atoms with Crippen molar-refractivity contribution < 1.29 is 143 Å². The summed E-state index contributed by atoms with van der Waals surface area (Å²) < 4.78 is 64.7. The Hall–Kier alpha value is 2.45. The third kappa shape index (κ3) is 44.9. The van der Waals surface area contributed by atoms with E-state index in [-0.39, 0.29) is 121 Å². The fourth-order valence-corrected chi connectivity index (χ4v) is 0.789. The van der Waals surface area contributed by atoms with Crippen molar-refractivity contribution in [2.24, 2.45) is 0 Å². The topological polar surface area (TPSA) is 164 Å². The first-order chi connectivity index (χ1) is 7.12. The number of hydrogen-bond acceptors (Lipinski definition) is 8. The second-order valence-corrected chi connectivity index (χ2v) is 4.07. The van der Waals surface area contributed by atoms with Gasteiger partial charge in [0, 0.05) is 0 Å². The molecule has 0 fully saturated rings. The Labute approximate surface area is 197 Å². The molecule has 0 aliphatic carbocycles. The SMILES string of the molecule is C=CCOS(=O)(=O)[O-].C=CCOS(=O)(=O)[O-].O.[K+].[K+]. The van der Waals surface area contributed by atoms with E-state index in [0.717, 1.165) is 0 Å². The van der Waals surface area contributed by atoms with Gasteiger partial charge in [0.1, 0.15) is 0 Å². The molecule has 0 bridgehead atoms. The van der Waals surface area contributed by atoms with Crippen LogP contribution in [0.3, 0.4) is 0 Å². The van der Waals surface area contributed by atoms with E-state index in [9.17, 15) is 25.9 Å². The second-order valence-electron chi connectivity index (χ2n) is 1.96. The van der Waals surface area contributed by atoms with Gasteiger partial charge >= 0.3 is 103 Å². The Morgan fingerprint density at radius 3 is 1.11 bits per heavy atom.